The largest absolute Gasteiger partial charge is 0.479 e. The van der Waals surface area contributed by atoms with Gasteiger partial charge in [-0.05, 0) is 11.1 Å². The van der Waals surface area contributed by atoms with E-state index in [4.69, 9.17) is 19.3 Å². The molecule has 1 unspecified atom stereocenters. The van der Waals surface area contributed by atoms with E-state index >= 15 is 0 Å². The molecule has 7 heteroatoms. The molecule has 0 aliphatic carbocycles. The number of ether oxygens (including phenoxy) is 3. The SMILES string of the molecule is O=C(O)C1O[C@H](COCc2ccccc2)[C@@H](OCc2ccccc2)[C@@]1(O)F. The van der Waals surface area contributed by atoms with Gasteiger partial charge in [0, 0.05) is 0 Å². The van der Waals surface area contributed by atoms with Crippen molar-refractivity contribution < 1.29 is 33.6 Å². The van der Waals surface area contributed by atoms with Gasteiger partial charge in [-0.1, -0.05) is 60.7 Å². The molecular formula is C20H21FO6. The highest BCUT2D eigenvalue weighted by Gasteiger charge is 2.61. The van der Waals surface area contributed by atoms with E-state index < -0.39 is 30.1 Å². The van der Waals surface area contributed by atoms with Gasteiger partial charge in [-0.15, -0.1) is 0 Å². The number of rotatable bonds is 8. The Balaban J connectivity index is 1.66. The molecule has 0 spiro atoms. The third-order valence-electron chi connectivity index (χ3n) is 4.31. The zero-order valence-electron chi connectivity index (χ0n) is 14.5. The van der Waals surface area contributed by atoms with Crippen molar-refractivity contribution in [3.8, 4) is 0 Å². The van der Waals surface area contributed by atoms with Crippen LogP contribution in [-0.4, -0.2) is 47.0 Å². The maximum Gasteiger partial charge on any atom is 0.339 e. The van der Waals surface area contributed by atoms with Crippen LogP contribution in [0.2, 0.25) is 0 Å². The molecule has 1 saturated heterocycles. The van der Waals surface area contributed by atoms with Gasteiger partial charge in [0.2, 0.25) is 6.10 Å². The lowest BCUT2D eigenvalue weighted by Crippen LogP contribution is -2.48. The summed E-state index contributed by atoms with van der Waals surface area (Å²) in [6.45, 7) is 0.127. The lowest BCUT2D eigenvalue weighted by molar-refractivity contribution is -0.201. The molecule has 1 fully saturated rings. The van der Waals surface area contributed by atoms with E-state index in [0.717, 1.165) is 11.1 Å². The number of hydrogen-bond donors (Lipinski definition) is 2. The number of aliphatic carboxylic acids is 1. The Bertz CT molecular complexity index is 737. The van der Waals surface area contributed by atoms with Gasteiger partial charge in [-0.3, -0.25) is 0 Å². The molecule has 1 heterocycles. The Morgan fingerprint density at radius 1 is 1.04 bits per heavy atom. The first-order chi connectivity index (χ1) is 13.0. The Morgan fingerprint density at radius 2 is 1.59 bits per heavy atom. The van der Waals surface area contributed by atoms with Crippen molar-refractivity contribution >= 4 is 5.97 Å². The zero-order chi connectivity index (χ0) is 19.3. The van der Waals surface area contributed by atoms with Crippen molar-refractivity contribution in [2.75, 3.05) is 6.61 Å². The van der Waals surface area contributed by atoms with E-state index in [0.29, 0.717) is 0 Å². The highest BCUT2D eigenvalue weighted by molar-refractivity contribution is 5.74. The quantitative estimate of drug-likeness (QED) is 0.735. The molecule has 27 heavy (non-hydrogen) atoms. The minimum absolute atomic E-state index is 0.00260. The molecule has 0 amide bonds. The van der Waals surface area contributed by atoms with E-state index in [1.807, 2.05) is 36.4 Å². The molecule has 3 rings (SSSR count). The average molecular weight is 376 g/mol. The smallest absolute Gasteiger partial charge is 0.339 e. The van der Waals surface area contributed by atoms with Crippen LogP contribution < -0.4 is 0 Å². The van der Waals surface area contributed by atoms with Crippen LogP contribution >= 0.6 is 0 Å². The average Bonchev–Trinajstić information content (AvgIpc) is 2.92. The molecule has 1 aliphatic rings. The molecule has 0 radical (unpaired) electrons. The monoisotopic (exact) mass is 376 g/mol. The van der Waals surface area contributed by atoms with Crippen LogP contribution in [0.15, 0.2) is 60.7 Å². The maximum absolute atomic E-state index is 14.8. The Labute approximate surface area is 156 Å². The predicted octanol–water partition coefficient (Wildman–Crippen LogP) is 2.30. The summed E-state index contributed by atoms with van der Waals surface area (Å²) in [6, 6.07) is 18.3. The highest BCUT2D eigenvalue weighted by atomic mass is 19.2. The predicted molar refractivity (Wildman–Crippen MR) is 93.5 cm³/mol. The summed E-state index contributed by atoms with van der Waals surface area (Å²) in [5.74, 6) is -4.76. The summed E-state index contributed by atoms with van der Waals surface area (Å²) in [5.41, 5.74) is 1.67. The fourth-order valence-corrected chi connectivity index (χ4v) is 2.96. The van der Waals surface area contributed by atoms with Crippen LogP contribution in [0.3, 0.4) is 0 Å². The number of hydrogen-bond acceptors (Lipinski definition) is 5. The topological polar surface area (TPSA) is 85.2 Å². The van der Waals surface area contributed by atoms with E-state index in [1.54, 1.807) is 24.3 Å². The van der Waals surface area contributed by atoms with Gasteiger partial charge >= 0.3 is 5.97 Å². The van der Waals surface area contributed by atoms with Crippen LogP contribution in [0.25, 0.3) is 0 Å². The molecule has 6 nitrogen and oxygen atoms in total. The normalized spacial score (nSPS) is 27.6. The summed E-state index contributed by atoms with van der Waals surface area (Å²) >= 11 is 0. The summed E-state index contributed by atoms with van der Waals surface area (Å²) in [6.07, 6.45) is -4.59. The van der Waals surface area contributed by atoms with Crippen LogP contribution in [0, 0.1) is 0 Å². The molecule has 2 N–H and O–H groups in total. The zero-order valence-corrected chi connectivity index (χ0v) is 14.5. The fourth-order valence-electron chi connectivity index (χ4n) is 2.96. The second kappa shape index (κ2) is 8.58. The van der Waals surface area contributed by atoms with Crippen molar-refractivity contribution in [3.63, 3.8) is 0 Å². The van der Waals surface area contributed by atoms with Crippen LogP contribution in [-0.2, 0) is 32.2 Å². The number of carbonyl (C=O) groups is 1. The number of carboxylic acids is 1. The lowest BCUT2D eigenvalue weighted by atomic mass is 10.0. The first-order valence-electron chi connectivity index (χ1n) is 8.55. The summed E-state index contributed by atoms with van der Waals surface area (Å²) < 4.78 is 31.0. The first-order valence-corrected chi connectivity index (χ1v) is 8.55. The molecule has 2 aromatic rings. The third kappa shape index (κ3) is 4.70. The second-order valence-electron chi connectivity index (χ2n) is 6.34. The molecule has 0 bridgehead atoms. The molecular weight excluding hydrogens is 355 g/mol. The molecule has 144 valence electrons. The lowest BCUT2D eigenvalue weighted by Gasteiger charge is -2.25. The number of alkyl halides is 1. The van der Waals surface area contributed by atoms with Crippen LogP contribution in [0.5, 0.6) is 0 Å². The molecule has 4 atom stereocenters. The third-order valence-corrected chi connectivity index (χ3v) is 4.31. The fraction of sp³-hybridized carbons (Fsp3) is 0.350. The molecule has 0 saturated carbocycles. The van der Waals surface area contributed by atoms with E-state index in [-0.39, 0.29) is 19.8 Å². The first kappa shape index (κ1) is 19.4. The van der Waals surface area contributed by atoms with E-state index in [9.17, 15) is 14.3 Å². The standard InChI is InChI=1S/C20H21FO6/c21-20(24)17(26-12-15-9-5-2-6-10-15)16(27-18(20)19(22)23)13-25-11-14-7-3-1-4-8-14/h1-10,16-18,24H,11-13H2,(H,22,23)/t16-,17-,18?,20+/m1/s1. The summed E-state index contributed by atoms with van der Waals surface area (Å²) in [7, 11) is 0. The second-order valence-corrected chi connectivity index (χ2v) is 6.34. The van der Waals surface area contributed by atoms with Gasteiger partial charge in [-0.25, -0.2) is 9.18 Å². The minimum atomic E-state index is -3.17. The van der Waals surface area contributed by atoms with Crippen molar-refractivity contribution in [2.24, 2.45) is 0 Å². The van der Waals surface area contributed by atoms with Gasteiger partial charge in [0.15, 0.2) is 0 Å². The van der Waals surface area contributed by atoms with Crippen LogP contribution in [0.1, 0.15) is 11.1 Å². The Kier molecular flexibility index (Phi) is 6.18. The van der Waals surface area contributed by atoms with Crippen molar-refractivity contribution in [2.45, 2.75) is 37.4 Å². The summed E-state index contributed by atoms with van der Waals surface area (Å²) in [4.78, 5) is 11.3. The Morgan fingerprint density at radius 3 is 2.15 bits per heavy atom. The van der Waals surface area contributed by atoms with Crippen molar-refractivity contribution in [1.29, 1.82) is 0 Å². The molecule has 1 aliphatic heterocycles. The number of halogens is 1. The number of carboxylic acid groups (broad SMARTS) is 1. The van der Waals surface area contributed by atoms with Gasteiger partial charge in [0.25, 0.3) is 5.85 Å². The minimum Gasteiger partial charge on any atom is -0.479 e. The molecule has 0 aromatic heterocycles. The van der Waals surface area contributed by atoms with E-state index in [2.05, 4.69) is 0 Å². The highest BCUT2D eigenvalue weighted by Crippen LogP contribution is 2.36. The number of benzene rings is 2. The van der Waals surface area contributed by atoms with Gasteiger partial charge < -0.3 is 24.4 Å². The van der Waals surface area contributed by atoms with Gasteiger partial charge in [-0.2, -0.15) is 0 Å². The van der Waals surface area contributed by atoms with Crippen LogP contribution in [0.4, 0.5) is 4.39 Å². The van der Waals surface area contributed by atoms with Crippen molar-refractivity contribution in [3.05, 3.63) is 71.8 Å². The van der Waals surface area contributed by atoms with Gasteiger partial charge in [0.1, 0.15) is 12.2 Å². The molecule has 2 aromatic carbocycles. The maximum atomic E-state index is 14.8. The summed E-state index contributed by atoms with van der Waals surface area (Å²) in [5, 5.41) is 19.2. The number of aliphatic hydroxyl groups is 1. The van der Waals surface area contributed by atoms with E-state index in [1.165, 1.54) is 0 Å². The Hall–Kier alpha value is -2.32. The van der Waals surface area contributed by atoms with Crippen molar-refractivity contribution in [1.82, 2.24) is 0 Å². The van der Waals surface area contributed by atoms with Gasteiger partial charge in [0.05, 0.1) is 19.8 Å².